The van der Waals surface area contributed by atoms with Gasteiger partial charge in [0.25, 0.3) is 5.56 Å². The van der Waals surface area contributed by atoms with Crippen LogP contribution in [0.5, 0.6) is 11.5 Å². The van der Waals surface area contributed by atoms with E-state index in [9.17, 15) is 14.9 Å². The standard InChI is InChI=1S/C32H23ClN4O6/c1-19-6-5-7-20(12-19)18-42-30-26(37(39)40)13-21(14-28(30)41-2)17-34-36-31(35-25-9-4-3-8-24(25)32(36)38)29-16-22-15-23(33)10-11-27(22)43-29/h3-17H,18H2,1-2H3. The Morgan fingerprint density at radius 3 is 2.70 bits per heavy atom. The number of aryl methyl sites for hydroxylation is 1. The number of ether oxygens (including phenoxy) is 2. The van der Waals surface area contributed by atoms with Gasteiger partial charge in [-0.05, 0) is 55.0 Å². The van der Waals surface area contributed by atoms with Gasteiger partial charge in [-0.3, -0.25) is 14.9 Å². The molecule has 0 saturated heterocycles. The molecule has 10 nitrogen and oxygen atoms in total. The maximum absolute atomic E-state index is 13.6. The summed E-state index contributed by atoms with van der Waals surface area (Å²) < 4.78 is 18.4. The van der Waals surface area contributed by atoms with Gasteiger partial charge in [-0.25, -0.2) is 4.98 Å². The van der Waals surface area contributed by atoms with Crippen molar-refractivity contribution in [3.8, 4) is 23.1 Å². The van der Waals surface area contributed by atoms with E-state index in [1.165, 1.54) is 19.4 Å². The van der Waals surface area contributed by atoms with Crippen LogP contribution >= 0.6 is 11.6 Å². The summed E-state index contributed by atoms with van der Waals surface area (Å²) in [4.78, 5) is 29.8. The number of rotatable bonds is 8. The van der Waals surface area contributed by atoms with Crippen molar-refractivity contribution in [2.24, 2.45) is 5.10 Å². The third kappa shape index (κ3) is 5.55. The number of nitrogens with zero attached hydrogens (tertiary/aromatic N) is 4. The molecule has 0 unspecified atom stereocenters. The molecule has 11 heteroatoms. The summed E-state index contributed by atoms with van der Waals surface area (Å²) in [6.07, 6.45) is 1.32. The van der Waals surface area contributed by atoms with E-state index in [1.54, 1.807) is 54.6 Å². The summed E-state index contributed by atoms with van der Waals surface area (Å²) in [5.41, 5.74) is 2.44. The number of fused-ring (bicyclic) bond motifs is 2. The van der Waals surface area contributed by atoms with Crippen LogP contribution in [0.4, 0.5) is 5.69 Å². The van der Waals surface area contributed by atoms with E-state index in [1.807, 2.05) is 31.2 Å². The van der Waals surface area contributed by atoms with Crippen molar-refractivity contribution < 1.29 is 18.8 Å². The van der Waals surface area contributed by atoms with Crippen LogP contribution < -0.4 is 15.0 Å². The monoisotopic (exact) mass is 594 g/mol. The van der Waals surface area contributed by atoms with Crippen LogP contribution in [0.3, 0.4) is 0 Å². The molecule has 0 aliphatic heterocycles. The Labute approximate surface area is 249 Å². The summed E-state index contributed by atoms with van der Waals surface area (Å²) in [5, 5.41) is 18.1. The Morgan fingerprint density at radius 1 is 1.07 bits per heavy atom. The molecular weight excluding hydrogens is 572 g/mol. The number of aromatic nitrogens is 2. The largest absolute Gasteiger partial charge is 0.493 e. The molecule has 0 bridgehead atoms. The molecule has 2 heterocycles. The van der Waals surface area contributed by atoms with Crippen LogP contribution in [-0.2, 0) is 6.61 Å². The lowest BCUT2D eigenvalue weighted by atomic mass is 10.1. The SMILES string of the molecule is COc1cc(C=Nn2c(-c3cc4cc(Cl)ccc4o3)nc3ccccc3c2=O)cc([N+](=O)[O-])c1OCc1cccc(C)c1. The molecule has 0 spiro atoms. The van der Waals surface area contributed by atoms with E-state index in [-0.39, 0.29) is 29.6 Å². The number of nitro benzene ring substituents is 1. The minimum Gasteiger partial charge on any atom is -0.493 e. The molecule has 0 atom stereocenters. The highest BCUT2D eigenvalue weighted by Crippen LogP contribution is 2.38. The lowest BCUT2D eigenvalue weighted by Crippen LogP contribution is -2.20. The summed E-state index contributed by atoms with van der Waals surface area (Å²) in [6.45, 7) is 2.06. The summed E-state index contributed by atoms with van der Waals surface area (Å²) in [6, 6.07) is 24.2. The van der Waals surface area contributed by atoms with Gasteiger partial charge in [0.05, 0.1) is 29.2 Å². The first kappa shape index (κ1) is 27.7. The van der Waals surface area contributed by atoms with Crippen LogP contribution in [0.25, 0.3) is 33.5 Å². The average Bonchev–Trinajstić information content (AvgIpc) is 3.42. The number of benzene rings is 4. The normalized spacial score (nSPS) is 11.4. The third-order valence-corrected chi connectivity index (χ3v) is 6.95. The lowest BCUT2D eigenvalue weighted by Gasteiger charge is -2.12. The van der Waals surface area contributed by atoms with Crippen LogP contribution in [-0.4, -0.2) is 27.9 Å². The smallest absolute Gasteiger partial charge is 0.315 e. The number of hydrogen-bond donors (Lipinski definition) is 0. The van der Waals surface area contributed by atoms with E-state index in [4.69, 9.17) is 25.5 Å². The molecular formula is C32H23ClN4O6. The van der Waals surface area contributed by atoms with E-state index in [2.05, 4.69) is 10.1 Å². The van der Waals surface area contributed by atoms with Crippen LogP contribution in [0.1, 0.15) is 16.7 Å². The van der Waals surface area contributed by atoms with Crippen LogP contribution in [0.15, 0.2) is 99.2 Å². The zero-order valence-electron chi connectivity index (χ0n) is 23.0. The van der Waals surface area contributed by atoms with Crippen molar-refractivity contribution in [1.82, 2.24) is 9.66 Å². The molecule has 0 saturated carbocycles. The van der Waals surface area contributed by atoms with E-state index >= 15 is 0 Å². The number of hydrogen-bond acceptors (Lipinski definition) is 8. The molecule has 6 rings (SSSR count). The predicted molar refractivity (Wildman–Crippen MR) is 164 cm³/mol. The summed E-state index contributed by atoms with van der Waals surface area (Å²) >= 11 is 6.15. The Morgan fingerprint density at radius 2 is 1.91 bits per heavy atom. The number of halogens is 1. The Hall–Kier alpha value is -5.48. The third-order valence-electron chi connectivity index (χ3n) is 6.71. The average molecular weight is 595 g/mol. The maximum Gasteiger partial charge on any atom is 0.315 e. The predicted octanol–water partition coefficient (Wildman–Crippen LogP) is 7.15. The van der Waals surface area contributed by atoms with E-state index in [0.717, 1.165) is 21.2 Å². The van der Waals surface area contributed by atoms with Crippen molar-refractivity contribution in [1.29, 1.82) is 0 Å². The highest BCUT2D eigenvalue weighted by atomic mass is 35.5. The Bertz CT molecular complexity index is 2120. The molecule has 43 heavy (non-hydrogen) atoms. The molecule has 0 N–H and O–H groups in total. The molecule has 0 amide bonds. The molecule has 6 aromatic rings. The zero-order chi connectivity index (χ0) is 30.1. The number of furan rings is 1. The van der Waals surface area contributed by atoms with Crippen molar-refractivity contribution in [3.05, 3.63) is 127 Å². The fraction of sp³-hybridized carbons (Fsp3) is 0.0938. The Kier molecular flexibility index (Phi) is 7.35. The number of nitro groups is 1. The molecule has 0 fully saturated rings. The van der Waals surface area contributed by atoms with Gasteiger partial charge >= 0.3 is 5.69 Å². The first-order valence-electron chi connectivity index (χ1n) is 13.1. The molecule has 0 radical (unpaired) electrons. The highest BCUT2D eigenvalue weighted by molar-refractivity contribution is 6.31. The van der Waals surface area contributed by atoms with Crippen LogP contribution in [0, 0.1) is 17.0 Å². The lowest BCUT2D eigenvalue weighted by molar-refractivity contribution is -0.386. The first-order valence-corrected chi connectivity index (χ1v) is 13.5. The fourth-order valence-electron chi connectivity index (χ4n) is 4.71. The second kappa shape index (κ2) is 11.4. The van der Waals surface area contributed by atoms with Crippen molar-refractivity contribution in [2.75, 3.05) is 7.11 Å². The second-order valence-corrected chi connectivity index (χ2v) is 10.1. The second-order valence-electron chi connectivity index (χ2n) is 9.71. The van der Waals surface area contributed by atoms with Gasteiger partial charge in [0.2, 0.25) is 11.6 Å². The van der Waals surface area contributed by atoms with Gasteiger partial charge < -0.3 is 13.9 Å². The number of methoxy groups -OCH3 is 1. The first-order chi connectivity index (χ1) is 20.8. The van der Waals surface area contributed by atoms with Gasteiger partial charge in [0.15, 0.2) is 11.5 Å². The fourth-order valence-corrected chi connectivity index (χ4v) is 4.89. The molecule has 2 aromatic heterocycles. The molecule has 214 valence electrons. The summed E-state index contributed by atoms with van der Waals surface area (Å²) in [7, 11) is 1.39. The number of para-hydroxylation sites is 1. The van der Waals surface area contributed by atoms with Gasteiger partial charge in [-0.15, -0.1) is 0 Å². The van der Waals surface area contributed by atoms with Crippen molar-refractivity contribution in [3.63, 3.8) is 0 Å². The topological polar surface area (TPSA) is 122 Å². The molecule has 4 aromatic carbocycles. The van der Waals surface area contributed by atoms with Crippen molar-refractivity contribution >= 4 is 45.4 Å². The van der Waals surface area contributed by atoms with E-state index < -0.39 is 10.5 Å². The van der Waals surface area contributed by atoms with Crippen LogP contribution in [0.2, 0.25) is 5.02 Å². The Balaban J connectivity index is 1.44. The van der Waals surface area contributed by atoms with Gasteiger partial charge in [-0.1, -0.05) is 53.6 Å². The molecule has 0 aliphatic rings. The summed E-state index contributed by atoms with van der Waals surface area (Å²) in [5.74, 6) is 0.562. The van der Waals surface area contributed by atoms with Gasteiger partial charge in [-0.2, -0.15) is 9.78 Å². The van der Waals surface area contributed by atoms with Gasteiger partial charge in [0.1, 0.15) is 12.2 Å². The van der Waals surface area contributed by atoms with Crippen molar-refractivity contribution in [2.45, 2.75) is 13.5 Å². The minimum atomic E-state index is -0.555. The maximum atomic E-state index is 13.6. The quantitative estimate of drug-likeness (QED) is 0.104. The van der Waals surface area contributed by atoms with E-state index in [0.29, 0.717) is 32.8 Å². The highest BCUT2D eigenvalue weighted by Gasteiger charge is 2.23. The van der Waals surface area contributed by atoms with Gasteiger partial charge in [0, 0.05) is 22.0 Å². The zero-order valence-corrected chi connectivity index (χ0v) is 23.7. The molecule has 0 aliphatic carbocycles. The minimum absolute atomic E-state index is 0.0164.